The van der Waals surface area contributed by atoms with E-state index in [0.717, 1.165) is 12.1 Å². The zero-order chi connectivity index (χ0) is 14.0. The summed E-state index contributed by atoms with van der Waals surface area (Å²) in [6, 6.07) is 6.19. The van der Waals surface area contributed by atoms with Crippen molar-refractivity contribution in [3.63, 3.8) is 0 Å². The van der Waals surface area contributed by atoms with E-state index >= 15 is 0 Å². The second-order valence-corrected chi connectivity index (χ2v) is 3.86. The lowest BCUT2D eigenvalue weighted by Gasteiger charge is -2.07. The maximum atomic E-state index is 13.7. The molecule has 0 aliphatic heterocycles. The monoisotopic (exact) mass is 266 g/mol. The smallest absolute Gasteiger partial charge is 0.258 e. The molecule has 1 heterocycles. The number of hydrogen-bond donors (Lipinski definition) is 1. The Labute approximate surface area is 107 Å². The lowest BCUT2D eigenvalue weighted by atomic mass is 10.1. The average Bonchev–Trinajstić information content (AvgIpc) is 2.36. The fourth-order valence-corrected chi connectivity index (χ4v) is 1.52. The Kier molecular flexibility index (Phi) is 3.50. The van der Waals surface area contributed by atoms with Crippen molar-refractivity contribution in [3.8, 4) is 0 Å². The summed E-state index contributed by atoms with van der Waals surface area (Å²) in [6.07, 6.45) is 0. The Morgan fingerprint density at radius 1 is 1.16 bits per heavy atom. The maximum absolute atomic E-state index is 13.7. The topological polar surface area (TPSA) is 42.0 Å². The minimum atomic E-state index is -1.17. The molecule has 0 bridgehead atoms. The summed E-state index contributed by atoms with van der Waals surface area (Å²) >= 11 is 0. The van der Waals surface area contributed by atoms with Gasteiger partial charge in [-0.15, -0.1) is 0 Å². The number of aromatic nitrogens is 1. The van der Waals surface area contributed by atoms with Gasteiger partial charge >= 0.3 is 0 Å². The summed E-state index contributed by atoms with van der Waals surface area (Å²) in [6.45, 7) is 1.51. The van der Waals surface area contributed by atoms with Crippen LogP contribution < -0.4 is 5.32 Å². The van der Waals surface area contributed by atoms with Crippen LogP contribution in [-0.4, -0.2) is 10.9 Å². The fourth-order valence-electron chi connectivity index (χ4n) is 1.52. The molecule has 2 rings (SSSR count). The maximum Gasteiger partial charge on any atom is 0.258 e. The highest BCUT2D eigenvalue weighted by molar-refractivity contribution is 6.04. The Morgan fingerprint density at radius 2 is 1.89 bits per heavy atom. The van der Waals surface area contributed by atoms with Gasteiger partial charge in [-0.2, -0.15) is 13.8 Å². The molecule has 0 spiro atoms. The number of benzene rings is 1. The van der Waals surface area contributed by atoms with Gasteiger partial charge in [-0.05, 0) is 30.7 Å². The average molecular weight is 266 g/mol. The fraction of sp³-hybridized carbons (Fsp3) is 0.0769. The van der Waals surface area contributed by atoms with Gasteiger partial charge in [0.25, 0.3) is 5.91 Å². The number of halogens is 3. The van der Waals surface area contributed by atoms with Crippen LogP contribution in [0.25, 0.3) is 0 Å². The second kappa shape index (κ2) is 5.09. The standard InChI is InChI=1S/C13H9F3N2O/c1-7-3-2-4-8(11(7)15)13(19)17-9-5-6-10(14)18-12(9)16/h2-6H,1H3,(H,17,19). The Bertz CT molecular complexity index is 644. The number of rotatable bonds is 2. The Hall–Kier alpha value is -2.37. The molecule has 0 aliphatic rings. The molecule has 2 aromatic rings. The van der Waals surface area contributed by atoms with Gasteiger partial charge in [0.15, 0.2) is 0 Å². The van der Waals surface area contributed by atoms with Gasteiger partial charge in [-0.25, -0.2) is 4.39 Å². The van der Waals surface area contributed by atoms with Gasteiger partial charge in [0.05, 0.1) is 11.3 Å². The lowest BCUT2D eigenvalue weighted by molar-refractivity contribution is 0.102. The van der Waals surface area contributed by atoms with Crippen LogP contribution in [0.15, 0.2) is 30.3 Å². The van der Waals surface area contributed by atoms with Gasteiger partial charge < -0.3 is 5.32 Å². The minimum Gasteiger partial charge on any atom is -0.318 e. The first-order valence-corrected chi connectivity index (χ1v) is 5.37. The van der Waals surface area contributed by atoms with Crippen LogP contribution in [0.5, 0.6) is 0 Å². The van der Waals surface area contributed by atoms with E-state index in [0.29, 0.717) is 5.56 Å². The third-order valence-electron chi connectivity index (χ3n) is 2.50. The zero-order valence-corrected chi connectivity index (χ0v) is 9.88. The second-order valence-electron chi connectivity index (χ2n) is 3.86. The predicted molar refractivity (Wildman–Crippen MR) is 63.2 cm³/mol. The van der Waals surface area contributed by atoms with E-state index in [1.54, 1.807) is 0 Å². The summed E-state index contributed by atoms with van der Waals surface area (Å²) in [4.78, 5) is 14.7. The number of nitrogens with one attached hydrogen (secondary N) is 1. The van der Waals surface area contributed by atoms with Crippen LogP contribution in [0.1, 0.15) is 15.9 Å². The molecule has 0 unspecified atom stereocenters. The molecule has 1 aromatic heterocycles. The molecule has 0 atom stereocenters. The molecule has 1 amide bonds. The van der Waals surface area contributed by atoms with Gasteiger partial charge in [0, 0.05) is 0 Å². The highest BCUT2D eigenvalue weighted by Gasteiger charge is 2.15. The normalized spacial score (nSPS) is 10.3. The third-order valence-corrected chi connectivity index (χ3v) is 2.50. The van der Waals surface area contributed by atoms with E-state index in [1.807, 2.05) is 0 Å². The SMILES string of the molecule is Cc1cccc(C(=O)Nc2ccc(F)nc2F)c1F. The largest absolute Gasteiger partial charge is 0.318 e. The van der Waals surface area contributed by atoms with Crippen molar-refractivity contribution in [3.05, 3.63) is 59.2 Å². The first-order valence-electron chi connectivity index (χ1n) is 5.37. The zero-order valence-electron chi connectivity index (χ0n) is 9.88. The van der Waals surface area contributed by atoms with Crippen molar-refractivity contribution in [1.82, 2.24) is 4.98 Å². The Balaban J connectivity index is 2.28. The van der Waals surface area contributed by atoms with Crippen LogP contribution in [-0.2, 0) is 0 Å². The first-order chi connectivity index (χ1) is 8.99. The van der Waals surface area contributed by atoms with Crippen molar-refractivity contribution in [1.29, 1.82) is 0 Å². The number of pyridine rings is 1. The molecule has 19 heavy (non-hydrogen) atoms. The number of anilines is 1. The van der Waals surface area contributed by atoms with Crippen LogP contribution in [0, 0.1) is 24.6 Å². The summed E-state index contributed by atoms with van der Waals surface area (Å²) in [5.74, 6) is -3.68. The molecular formula is C13H9F3N2O. The van der Waals surface area contributed by atoms with Crippen LogP contribution >= 0.6 is 0 Å². The van der Waals surface area contributed by atoms with Crippen LogP contribution in [0.2, 0.25) is 0 Å². The minimum absolute atomic E-state index is 0.219. The third kappa shape index (κ3) is 2.73. The van der Waals surface area contributed by atoms with Crippen LogP contribution in [0.4, 0.5) is 18.9 Å². The molecule has 98 valence electrons. The quantitative estimate of drug-likeness (QED) is 0.849. The van der Waals surface area contributed by atoms with E-state index in [4.69, 9.17) is 0 Å². The van der Waals surface area contributed by atoms with Crippen molar-refractivity contribution in [2.24, 2.45) is 0 Å². The van der Waals surface area contributed by atoms with E-state index in [-0.39, 0.29) is 11.3 Å². The number of carbonyl (C=O) groups excluding carboxylic acids is 1. The number of nitrogens with zero attached hydrogens (tertiary/aromatic N) is 1. The predicted octanol–water partition coefficient (Wildman–Crippen LogP) is 3.06. The van der Waals surface area contributed by atoms with E-state index in [2.05, 4.69) is 10.3 Å². The molecule has 0 radical (unpaired) electrons. The van der Waals surface area contributed by atoms with Crippen molar-refractivity contribution in [2.75, 3.05) is 5.32 Å². The van der Waals surface area contributed by atoms with E-state index in [1.165, 1.54) is 25.1 Å². The van der Waals surface area contributed by atoms with Crippen molar-refractivity contribution in [2.45, 2.75) is 6.92 Å². The molecule has 0 aliphatic carbocycles. The molecule has 0 saturated carbocycles. The van der Waals surface area contributed by atoms with E-state index < -0.39 is 23.6 Å². The number of amides is 1. The number of hydrogen-bond acceptors (Lipinski definition) is 2. The summed E-state index contributed by atoms with van der Waals surface area (Å²) in [5.41, 5.74) is -0.235. The molecule has 1 N–H and O–H groups in total. The van der Waals surface area contributed by atoms with Crippen molar-refractivity contribution >= 4 is 11.6 Å². The molecule has 1 aromatic carbocycles. The summed E-state index contributed by atoms with van der Waals surface area (Å²) < 4.78 is 39.5. The summed E-state index contributed by atoms with van der Waals surface area (Å²) in [5, 5.41) is 2.14. The molecule has 0 fully saturated rings. The molecule has 6 heteroatoms. The molecule has 0 saturated heterocycles. The van der Waals surface area contributed by atoms with Gasteiger partial charge in [0.2, 0.25) is 11.9 Å². The van der Waals surface area contributed by atoms with Gasteiger partial charge in [-0.1, -0.05) is 12.1 Å². The van der Waals surface area contributed by atoms with Gasteiger partial charge in [-0.3, -0.25) is 4.79 Å². The number of aryl methyl sites for hydroxylation is 1. The highest BCUT2D eigenvalue weighted by Crippen LogP contribution is 2.16. The molecular weight excluding hydrogens is 257 g/mol. The van der Waals surface area contributed by atoms with Crippen LogP contribution in [0.3, 0.4) is 0 Å². The number of carbonyl (C=O) groups is 1. The highest BCUT2D eigenvalue weighted by atomic mass is 19.1. The summed E-state index contributed by atoms with van der Waals surface area (Å²) in [7, 11) is 0. The van der Waals surface area contributed by atoms with Crippen molar-refractivity contribution < 1.29 is 18.0 Å². The van der Waals surface area contributed by atoms with E-state index in [9.17, 15) is 18.0 Å². The molecule has 3 nitrogen and oxygen atoms in total. The van der Waals surface area contributed by atoms with Gasteiger partial charge in [0.1, 0.15) is 5.82 Å². The Morgan fingerprint density at radius 3 is 2.58 bits per heavy atom. The lowest BCUT2D eigenvalue weighted by Crippen LogP contribution is -2.15. The first kappa shape index (κ1) is 13.1.